The molecule has 0 saturated heterocycles. The summed E-state index contributed by atoms with van der Waals surface area (Å²) in [5.74, 6) is -3.54. The molecule has 0 saturated carbocycles. The number of aliphatic hydroxyl groups is 2. The van der Waals surface area contributed by atoms with Crippen LogP contribution in [0.4, 0.5) is 0 Å². The zero-order chi connectivity index (χ0) is 30.0. The van der Waals surface area contributed by atoms with Crippen LogP contribution < -0.4 is 9.47 Å². The van der Waals surface area contributed by atoms with Crippen molar-refractivity contribution in [3.8, 4) is 68.6 Å². The third-order valence-electron chi connectivity index (χ3n) is 7.58. The molecule has 12 nitrogen and oxygen atoms in total. The average Bonchev–Trinajstić information content (AvgIpc) is 2.92. The normalized spacial score (nSPS) is 21.1. The van der Waals surface area contributed by atoms with Crippen LogP contribution in [0.25, 0.3) is 11.1 Å². The summed E-state index contributed by atoms with van der Waals surface area (Å²) >= 11 is 0. The van der Waals surface area contributed by atoms with Crippen molar-refractivity contribution in [1.29, 1.82) is 0 Å². The molecule has 0 spiro atoms. The van der Waals surface area contributed by atoms with Crippen molar-refractivity contribution in [2.24, 2.45) is 0 Å². The number of ether oxygens (including phenoxy) is 2. The molecular formula is C30H26O12. The maximum Gasteiger partial charge on any atom is 0.158 e. The number of rotatable bonds is 3. The van der Waals surface area contributed by atoms with Gasteiger partial charge in [0, 0.05) is 53.3 Å². The third kappa shape index (κ3) is 4.33. The van der Waals surface area contributed by atoms with Crippen molar-refractivity contribution < 1.29 is 60.5 Å². The number of hydrogen-bond acceptors (Lipinski definition) is 12. The SMILES string of the molecule is Oc1cc(O)c2c(c1)O[C@H](c1cc(O)c(O)cc1-c1c(O)cc(O)c3c1O[C@H](c1ccc(O)c(O)c1)C(O)C3)C(O)C2. The van der Waals surface area contributed by atoms with E-state index < -0.39 is 53.2 Å². The molecule has 10 N–H and O–H groups in total. The highest BCUT2D eigenvalue weighted by Gasteiger charge is 2.39. The lowest BCUT2D eigenvalue weighted by Crippen LogP contribution is -2.31. The zero-order valence-corrected chi connectivity index (χ0v) is 21.6. The van der Waals surface area contributed by atoms with E-state index in [2.05, 4.69) is 0 Å². The number of phenolic OH excluding ortho intramolecular Hbond substituents is 8. The molecule has 0 radical (unpaired) electrons. The van der Waals surface area contributed by atoms with Crippen LogP contribution >= 0.6 is 0 Å². The molecule has 0 fully saturated rings. The summed E-state index contributed by atoms with van der Waals surface area (Å²) in [5, 5.41) is 105. The van der Waals surface area contributed by atoms with Crippen molar-refractivity contribution in [2.75, 3.05) is 0 Å². The summed E-state index contributed by atoms with van der Waals surface area (Å²) in [7, 11) is 0. The first-order chi connectivity index (χ1) is 19.9. The Morgan fingerprint density at radius 3 is 1.93 bits per heavy atom. The largest absolute Gasteiger partial charge is 0.508 e. The molecular weight excluding hydrogens is 552 g/mol. The van der Waals surface area contributed by atoms with E-state index in [9.17, 15) is 51.1 Å². The summed E-state index contributed by atoms with van der Waals surface area (Å²) in [4.78, 5) is 0. The summed E-state index contributed by atoms with van der Waals surface area (Å²) < 4.78 is 12.1. The van der Waals surface area contributed by atoms with E-state index in [1.807, 2.05) is 0 Å². The quantitative estimate of drug-likeness (QED) is 0.159. The minimum atomic E-state index is -1.30. The van der Waals surface area contributed by atoms with Gasteiger partial charge in [-0.1, -0.05) is 6.07 Å². The second kappa shape index (κ2) is 9.72. The summed E-state index contributed by atoms with van der Waals surface area (Å²) in [6.07, 6.45) is -5.18. The van der Waals surface area contributed by atoms with Gasteiger partial charge in [0.25, 0.3) is 0 Å². The molecule has 0 amide bonds. The number of aliphatic hydroxyl groups excluding tert-OH is 2. The predicted molar refractivity (Wildman–Crippen MR) is 144 cm³/mol. The van der Waals surface area contributed by atoms with Crippen molar-refractivity contribution in [3.05, 3.63) is 70.8 Å². The number of aromatic hydroxyl groups is 8. The van der Waals surface area contributed by atoms with Gasteiger partial charge in [-0.3, -0.25) is 0 Å². The summed E-state index contributed by atoms with van der Waals surface area (Å²) in [6, 6.07) is 9.43. The molecule has 2 aliphatic heterocycles. The molecule has 2 aliphatic rings. The van der Waals surface area contributed by atoms with Gasteiger partial charge in [-0.25, -0.2) is 0 Å². The minimum absolute atomic E-state index is 0.0274. The Labute approximate surface area is 237 Å². The first-order valence-corrected chi connectivity index (χ1v) is 12.8. The minimum Gasteiger partial charge on any atom is -0.508 e. The van der Waals surface area contributed by atoms with Gasteiger partial charge in [-0.05, 0) is 29.8 Å². The summed E-state index contributed by atoms with van der Waals surface area (Å²) in [6.45, 7) is 0. The Morgan fingerprint density at radius 1 is 0.548 bits per heavy atom. The van der Waals surface area contributed by atoms with Crippen LogP contribution in [-0.4, -0.2) is 63.3 Å². The predicted octanol–water partition coefficient (Wildman–Crippen LogP) is 3.07. The molecule has 12 heteroatoms. The fourth-order valence-electron chi connectivity index (χ4n) is 5.56. The van der Waals surface area contributed by atoms with Gasteiger partial charge in [0.15, 0.2) is 29.1 Å². The average molecular weight is 579 g/mol. The van der Waals surface area contributed by atoms with Gasteiger partial charge in [-0.15, -0.1) is 0 Å². The van der Waals surface area contributed by atoms with E-state index in [0.29, 0.717) is 0 Å². The van der Waals surface area contributed by atoms with Crippen molar-refractivity contribution in [3.63, 3.8) is 0 Å². The molecule has 42 heavy (non-hydrogen) atoms. The van der Waals surface area contributed by atoms with Crippen LogP contribution in [-0.2, 0) is 12.8 Å². The van der Waals surface area contributed by atoms with Gasteiger partial charge in [0.1, 0.15) is 40.6 Å². The Kier molecular flexibility index (Phi) is 6.24. The first-order valence-electron chi connectivity index (χ1n) is 12.8. The molecule has 218 valence electrons. The molecule has 4 aromatic rings. The third-order valence-corrected chi connectivity index (χ3v) is 7.58. The lowest BCUT2D eigenvalue weighted by Gasteiger charge is -2.35. The van der Waals surface area contributed by atoms with Crippen molar-refractivity contribution >= 4 is 0 Å². The number of fused-ring (bicyclic) bond motifs is 2. The van der Waals surface area contributed by atoms with Crippen molar-refractivity contribution in [1.82, 2.24) is 0 Å². The van der Waals surface area contributed by atoms with E-state index in [-0.39, 0.29) is 75.0 Å². The molecule has 4 atom stereocenters. The van der Waals surface area contributed by atoms with Crippen LogP contribution in [0.3, 0.4) is 0 Å². The molecule has 0 aliphatic carbocycles. The van der Waals surface area contributed by atoms with E-state index in [1.54, 1.807) is 0 Å². The fourth-order valence-corrected chi connectivity index (χ4v) is 5.56. The lowest BCUT2D eigenvalue weighted by molar-refractivity contribution is 0.0189. The maximum atomic E-state index is 11.1. The lowest BCUT2D eigenvalue weighted by atomic mass is 9.85. The second-order valence-electron chi connectivity index (χ2n) is 10.3. The van der Waals surface area contributed by atoms with Gasteiger partial charge in [0.05, 0.1) is 17.8 Å². The Morgan fingerprint density at radius 2 is 1.19 bits per heavy atom. The zero-order valence-electron chi connectivity index (χ0n) is 21.6. The van der Waals surface area contributed by atoms with Gasteiger partial charge >= 0.3 is 0 Å². The fraction of sp³-hybridized carbons (Fsp3) is 0.200. The van der Waals surface area contributed by atoms with Gasteiger partial charge < -0.3 is 60.5 Å². The molecule has 0 bridgehead atoms. The number of phenols is 8. The smallest absolute Gasteiger partial charge is 0.158 e. The van der Waals surface area contributed by atoms with Crippen LogP contribution in [0.5, 0.6) is 57.5 Å². The van der Waals surface area contributed by atoms with Crippen molar-refractivity contribution in [2.45, 2.75) is 37.3 Å². The van der Waals surface area contributed by atoms with Crippen LogP contribution in [0.2, 0.25) is 0 Å². The molecule has 2 heterocycles. The monoisotopic (exact) mass is 578 g/mol. The molecule has 2 unspecified atom stereocenters. The number of benzene rings is 4. The molecule has 4 aromatic carbocycles. The van der Waals surface area contributed by atoms with Gasteiger partial charge in [0.2, 0.25) is 0 Å². The standard InChI is InChI=1S/C30H26O12/c31-12-4-18(33)15-8-25(40)29(41-26(15)5-12)14-7-22(37)21(36)6-13(14)27-23(38)10-19(34)16-9-24(39)28(42-30(16)27)11-1-2-17(32)20(35)3-11/h1-7,10,24-25,28-29,31-40H,8-9H2/t24?,25?,28-,29-/m1/s1. The highest BCUT2D eigenvalue weighted by atomic mass is 16.5. The van der Waals surface area contributed by atoms with E-state index in [4.69, 9.17) is 9.47 Å². The van der Waals surface area contributed by atoms with E-state index in [1.165, 1.54) is 24.3 Å². The second-order valence-corrected chi connectivity index (χ2v) is 10.3. The van der Waals surface area contributed by atoms with Crippen LogP contribution in [0.1, 0.15) is 34.5 Å². The highest BCUT2D eigenvalue weighted by Crippen LogP contribution is 2.54. The Balaban J connectivity index is 1.52. The van der Waals surface area contributed by atoms with Crippen LogP contribution in [0.15, 0.2) is 48.5 Å². The topological polar surface area (TPSA) is 221 Å². The van der Waals surface area contributed by atoms with E-state index in [0.717, 1.165) is 24.3 Å². The molecule has 6 rings (SSSR count). The maximum absolute atomic E-state index is 11.1. The first kappa shape index (κ1) is 27.0. The Hall–Kier alpha value is -5.20. The van der Waals surface area contributed by atoms with Crippen LogP contribution in [0, 0.1) is 0 Å². The number of hydrogen-bond donors (Lipinski definition) is 10. The van der Waals surface area contributed by atoms with Gasteiger partial charge in [-0.2, -0.15) is 0 Å². The molecule has 0 aromatic heterocycles. The van der Waals surface area contributed by atoms with E-state index >= 15 is 0 Å². The summed E-state index contributed by atoms with van der Waals surface area (Å²) in [5.41, 5.74) is 0.644. The highest BCUT2D eigenvalue weighted by molar-refractivity contribution is 5.84. The Bertz CT molecular complexity index is 1730.